The number of rotatable bonds is 5. The predicted octanol–water partition coefficient (Wildman–Crippen LogP) is 3.62. The molecular formula is C13H14ClNOS. The standard InChI is InChI=1S/C13H14ClNOS/c14-12-6-2-1-5-11(12)13(8-15)16-9-10-4-3-7-17-10/h1-7,13H,8-9,15H2. The number of halogens is 1. The number of nitrogens with two attached hydrogens (primary N) is 1. The lowest BCUT2D eigenvalue weighted by atomic mass is 10.1. The van der Waals surface area contributed by atoms with Gasteiger partial charge in [-0.1, -0.05) is 35.9 Å². The molecule has 1 aromatic carbocycles. The minimum Gasteiger partial charge on any atom is -0.367 e. The molecule has 0 aliphatic heterocycles. The van der Waals surface area contributed by atoms with Gasteiger partial charge in [-0.3, -0.25) is 0 Å². The second-order valence-electron chi connectivity index (χ2n) is 3.64. The van der Waals surface area contributed by atoms with Crippen molar-refractivity contribution in [2.24, 2.45) is 5.73 Å². The van der Waals surface area contributed by atoms with Crippen molar-refractivity contribution in [3.05, 3.63) is 57.2 Å². The van der Waals surface area contributed by atoms with Crippen LogP contribution in [0.1, 0.15) is 16.5 Å². The molecule has 4 heteroatoms. The van der Waals surface area contributed by atoms with E-state index in [1.165, 1.54) is 4.88 Å². The van der Waals surface area contributed by atoms with Crippen molar-refractivity contribution in [3.8, 4) is 0 Å². The highest BCUT2D eigenvalue weighted by Gasteiger charge is 2.13. The Labute approximate surface area is 110 Å². The fourth-order valence-electron chi connectivity index (χ4n) is 1.60. The van der Waals surface area contributed by atoms with Crippen LogP contribution in [-0.2, 0) is 11.3 Å². The van der Waals surface area contributed by atoms with Crippen molar-refractivity contribution in [2.75, 3.05) is 6.54 Å². The van der Waals surface area contributed by atoms with Gasteiger partial charge in [-0.25, -0.2) is 0 Å². The average Bonchev–Trinajstić information content (AvgIpc) is 2.85. The molecule has 0 saturated heterocycles. The summed E-state index contributed by atoms with van der Waals surface area (Å²) in [5, 5.41) is 2.74. The van der Waals surface area contributed by atoms with Gasteiger partial charge in [0.05, 0.1) is 12.7 Å². The Morgan fingerprint density at radius 2 is 2.06 bits per heavy atom. The van der Waals surface area contributed by atoms with Crippen molar-refractivity contribution in [1.29, 1.82) is 0 Å². The van der Waals surface area contributed by atoms with Gasteiger partial charge in [0.2, 0.25) is 0 Å². The highest BCUT2D eigenvalue weighted by molar-refractivity contribution is 7.09. The van der Waals surface area contributed by atoms with Crippen LogP contribution in [0.25, 0.3) is 0 Å². The van der Waals surface area contributed by atoms with Crippen LogP contribution in [0.4, 0.5) is 0 Å². The molecule has 1 atom stereocenters. The molecule has 2 rings (SSSR count). The summed E-state index contributed by atoms with van der Waals surface area (Å²) in [7, 11) is 0. The monoisotopic (exact) mass is 267 g/mol. The molecule has 2 aromatic rings. The zero-order valence-corrected chi connectivity index (χ0v) is 10.9. The summed E-state index contributed by atoms with van der Waals surface area (Å²) in [6.07, 6.45) is -0.147. The van der Waals surface area contributed by atoms with Gasteiger partial charge in [0.25, 0.3) is 0 Å². The Kier molecular flexibility index (Phi) is 4.57. The zero-order valence-electron chi connectivity index (χ0n) is 9.30. The van der Waals surface area contributed by atoms with Crippen LogP contribution in [0.3, 0.4) is 0 Å². The Morgan fingerprint density at radius 3 is 2.71 bits per heavy atom. The highest BCUT2D eigenvalue weighted by Crippen LogP contribution is 2.26. The summed E-state index contributed by atoms with van der Waals surface area (Å²) in [5.41, 5.74) is 6.68. The molecule has 1 heterocycles. The average molecular weight is 268 g/mol. The predicted molar refractivity (Wildman–Crippen MR) is 72.4 cm³/mol. The first kappa shape index (κ1) is 12.6. The van der Waals surface area contributed by atoms with Gasteiger partial charge in [-0.15, -0.1) is 11.3 Å². The summed E-state index contributed by atoms with van der Waals surface area (Å²) < 4.78 is 5.80. The lowest BCUT2D eigenvalue weighted by Crippen LogP contribution is -2.16. The summed E-state index contributed by atoms with van der Waals surface area (Å²) in [6.45, 7) is 1.000. The maximum atomic E-state index is 6.13. The van der Waals surface area contributed by atoms with Crippen molar-refractivity contribution < 1.29 is 4.74 Å². The molecule has 0 amide bonds. The van der Waals surface area contributed by atoms with Gasteiger partial charge in [-0.05, 0) is 17.5 Å². The van der Waals surface area contributed by atoms with Gasteiger partial charge in [-0.2, -0.15) is 0 Å². The minimum absolute atomic E-state index is 0.147. The maximum Gasteiger partial charge on any atom is 0.0966 e. The molecule has 0 aliphatic rings. The molecule has 90 valence electrons. The lowest BCUT2D eigenvalue weighted by molar-refractivity contribution is 0.0473. The lowest BCUT2D eigenvalue weighted by Gasteiger charge is -2.17. The first-order valence-electron chi connectivity index (χ1n) is 5.39. The van der Waals surface area contributed by atoms with E-state index in [0.29, 0.717) is 18.2 Å². The SMILES string of the molecule is NCC(OCc1cccs1)c1ccccc1Cl. The Hall–Kier alpha value is -0.870. The molecule has 1 unspecified atom stereocenters. The molecule has 0 spiro atoms. The first-order chi connectivity index (χ1) is 8.31. The normalized spacial score (nSPS) is 12.6. The van der Waals surface area contributed by atoms with E-state index in [9.17, 15) is 0 Å². The van der Waals surface area contributed by atoms with E-state index in [1.54, 1.807) is 11.3 Å². The van der Waals surface area contributed by atoms with E-state index >= 15 is 0 Å². The van der Waals surface area contributed by atoms with Crippen LogP contribution in [-0.4, -0.2) is 6.54 Å². The Balaban J connectivity index is 2.04. The molecule has 0 fully saturated rings. The van der Waals surface area contributed by atoms with Crippen LogP contribution in [0, 0.1) is 0 Å². The largest absolute Gasteiger partial charge is 0.367 e. The van der Waals surface area contributed by atoms with E-state index in [0.717, 1.165) is 5.56 Å². The number of ether oxygens (including phenoxy) is 1. The molecule has 2 nitrogen and oxygen atoms in total. The molecule has 0 radical (unpaired) electrons. The van der Waals surface area contributed by atoms with Gasteiger partial charge in [0.1, 0.15) is 0 Å². The molecule has 0 saturated carbocycles. The molecular weight excluding hydrogens is 254 g/mol. The second-order valence-corrected chi connectivity index (χ2v) is 5.08. The number of benzene rings is 1. The first-order valence-corrected chi connectivity index (χ1v) is 6.65. The van der Waals surface area contributed by atoms with Crippen molar-refractivity contribution in [3.63, 3.8) is 0 Å². The van der Waals surface area contributed by atoms with E-state index in [2.05, 4.69) is 0 Å². The molecule has 2 N–H and O–H groups in total. The molecule has 17 heavy (non-hydrogen) atoms. The van der Waals surface area contributed by atoms with E-state index in [1.807, 2.05) is 41.8 Å². The fourth-order valence-corrected chi connectivity index (χ4v) is 2.48. The smallest absolute Gasteiger partial charge is 0.0966 e. The summed E-state index contributed by atoms with van der Waals surface area (Å²) in [4.78, 5) is 1.19. The van der Waals surface area contributed by atoms with Crippen molar-refractivity contribution in [2.45, 2.75) is 12.7 Å². The third-order valence-electron chi connectivity index (χ3n) is 2.47. The van der Waals surface area contributed by atoms with Crippen molar-refractivity contribution in [1.82, 2.24) is 0 Å². The number of hydrogen-bond acceptors (Lipinski definition) is 3. The molecule has 0 aliphatic carbocycles. The van der Waals surface area contributed by atoms with Crippen LogP contribution in [0.2, 0.25) is 5.02 Å². The summed E-state index contributed by atoms with van der Waals surface area (Å²) in [5.74, 6) is 0. The van der Waals surface area contributed by atoms with Gasteiger partial charge in [0, 0.05) is 22.0 Å². The van der Waals surface area contributed by atoms with Crippen LogP contribution < -0.4 is 5.73 Å². The Bertz CT molecular complexity index is 458. The summed E-state index contributed by atoms with van der Waals surface area (Å²) >= 11 is 7.80. The van der Waals surface area contributed by atoms with Gasteiger partial charge in [0.15, 0.2) is 0 Å². The second kappa shape index (κ2) is 6.17. The highest BCUT2D eigenvalue weighted by atomic mass is 35.5. The zero-order chi connectivity index (χ0) is 12.1. The van der Waals surface area contributed by atoms with Gasteiger partial charge >= 0.3 is 0 Å². The minimum atomic E-state index is -0.147. The van der Waals surface area contributed by atoms with E-state index < -0.39 is 0 Å². The van der Waals surface area contributed by atoms with Crippen LogP contribution >= 0.6 is 22.9 Å². The van der Waals surface area contributed by atoms with Crippen LogP contribution in [0.5, 0.6) is 0 Å². The third-order valence-corrected chi connectivity index (χ3v) is 3.67. The fraction of sp³-hybridized carbons (Fsp3) is 0.231. The topological polar surface area (TPSA) is 35.2 Å². The Morgan fingerprint density at radius 1 is 1.24 bits per heavy atom. The van der Waals surface area contributed by atoms with Crippen molar-refractivity contribution >= 4 is 22.9 Å². The van der Waals surface area contributed by atoms with Crippen LogP contribution in [0.15, 0.2) is 41.8 Å². The van der Waals surface area contributed by atoms with Gasteiger partial charge < -0.3 is 10.5 Å². The number of thiophene rings is 1. The van der Waals surface area contributed by atoms with E-state index in [-0.39, 0.29) is 6.10 Å². The molecule has 0 bridgehead atoms. The maximum absolute atomic E-state index is 6.13. The summed E-state index contributed by atoms with van der Waals surface area (Å²) in [6, 6.07) is 11.7. The third kappa shape index (κ3) is 3.30. The quantitative estimate of drug-likeness (QED) is 0.898. The molecule has 1 aromatic heterocycles. The van der Waals surface area contributed by atoms with E-state index in [4.69, 9.17) is 22.1 Å². The number of hydrogen-bond donors (Lipinski definition) is 1.